The molecule has 0 spiro atoms. The number of benzene rings is 2. The Kier molecular flexibility index (Phi) is 6.18. The van der Waals surface area contributed by atoms with Gasteiger partial charge in [0.1, 0.15) is 6.04 Å². The van der Waals surface area contributed by atoms with Gasteiger partial charge in [-0.2, -0.15) is 5.10 Å². The highest BCUT2D eigenvalue weighted by molar-refractivity contribution is 7.17. The first-order chi connectivity index (χ1) is 15.1. The van der Waals surface area contributed by atoms with Crippen molar-refractivity contribution < 1.29 is 19.1 Å². The summed E-state index contributed by atoms with van der Waals surface area (Å²) in [7, 11) is 3.06. The van der Waals surface area contributed by atoms with E-state index in [1.807, 2.05) is 29.6 Å². The van der Waals surface area contributed by atoms with E-state index in [4.69, 9.17) is 9.47 Å². The normalized spacial score (nSPS) is 16.1. The van der Waals surface area contributed by atoms with E-state index >= 15 is 0 Å². The molecule has 1 atom stereocenters. The van der Waals surface area contributed by atoms with Crippen LogP contribution in [0.2, 0.25) is 0 Å². The zero-order valence-electron chi connectivity index (χ0n) is 17.3. The van der Waals surface area contributed by atoms with E-state index in [2.05, 4.69) is 10.5 Å². The number of rotatable bonds is 6. The number of nitrogens with one attached hydrogen (secondary N) is 1. The fraction of sp³-hybridized carbons (Fsp3) is 0.261. The molecule has 0 radical (unpaired) electrons. The number of hydrogen-bond donors (Lipinski definition) is 1. The lowest BCUT2D eigenvalue weighted by molar-refractivity contribution is -0.124. The molecular formula is C23H23N3O4S. The third-order valence-corrected chi connectivity index (χ3v) is 6.32. The van der Waals surface area contributed by atoms with Crippen molar-refractivity contribution >= 4 is 39.5 Å². The first-order valence-electron chi connectivity index (χ1n) is 9.94. The van der Waals surface area contributed by atoms with E-state index in [-0.39, 0.29) is 11.8 Å². The molecule has 1 saturated heterocycles. The van der Waals surface area contributed by atoms with Crippen LogP contribution in [0, 0.1) is 0 Å². The number of hydrogen-bond acceptors (Lipinski definition) is 6. The van der Waals surface area contributed by atoms with Crippen LogP contribution >= 0.6 is 11.3 Å². The number of hydrazone groups is 1. The van der Waals surface area contributed by atoms with E-state index in [0.717, 1.165) is 22.1 Å². The average molecular weight is 438 g/mol. The molecule has 2 heterocycles. The predicted octanol–water partition coefficient (Wildman–Crippen LogP) is 3.67. The molecule has 3 aromatic rings. The predicted molar refractivity (Wildman–Crippen MR) is 121 cm³/mol. The average Bonchev–Trinajstić information content (AvgIpc) is 3.46. The summed E-state index contributed by atoms with van der Waals surface area (Å²) in [5.41, 5.74) is 4.00. The van der Waals surface area contributed by atoms with Crippen molar-refractivity contribution in [1.29, 1.82) is 0 Å². The minimum absolute atomic E-state index is 0.216. The molecule has 1 fully saturated rings. The minimum Gasteiger partial charge on any atom is -0.493 e. The molecule has 0 bridgehead atoms. The van der Waals surface area contributed by atoms with Crippen molar-refractivity contribution in [3.63, 3.8) is 0 Å². The number of carbonyl (C=O) groups is 2. The molecule has 2 aromatic carbocycles. The molecule has 1 N–H and O–H groups in total. The topological polar surface area (TPSA) is 80.2 Å². The SMILES string of the molecule is COc1ccc(C(=O)N2CCC[C@H]2C(=O)N/N=C/c2csc3ccccc23)cc1OC. The van der Waals surface area contributed by atoms with Crippen LogP contribution in [0.1, 0.15) is 28.8 Å². The fourth-order valence-electron chi connectivity index (χ4n) is 3.76. The second-order valence-corrected chi connectivity index (χ2v) is 8.06. The van der Waals surface area contributed by atoms with Crippen molar-refractivity contribution in [3.8, 4) is 11.5 Å². The van der Waals surface area contributed by atoms with Gasteiger partial charge in [0.2, 0.25) is 0 Å². The molecule has 7 nitrogen and oxygen atoms in total. The lowest BCUT2D eigenvalue weighted by atomic mass is 10.1. The Morgan fingerprint density at radius 3 is 2.77 bits per heavy atom. The summed E-state index contributed by atoms with van der Waals surface area (Å²) in [6, 6.07) is 12.5. The molecule has 2 amide bonds. The molecule has 0 aliphatic carbocycles. The van der Waals surface area contributed by atoms with E-state index in [9.17, 15) is 9.59 Å². The molecular weight excluding hydrogens is 414 g/mol. The maximum Gasteiger partial charge on any atom is 0.262 e. The highest BCUT2D eigenvalue weighted by Gasteiger charge is 2.34. The van der Waals surface area contributed by atoms with Gasteiger partial charge in [0.05, 0.1) is 20.4 Å². The molecule has 1 aliphatic rings. The van der Waals surface area contributed by atoms with Crippen molar-refractivity contribution in [2.75, 3.05) is 20.8 Å². The van der Waals surface area contributed by atoms with Crippen LogP contribution in [0.25, 0.3) is 10.1 Å². The Bertz CT molecular complexity index is 1140. The summed E-state index contributed by atoms with van der Waals surface area (Å²) in [5, 5.41) is 7.23. The highest BCUT2D eigenvalue weighted by atomic mass is 32.1. The Balaban J connectivity index is 1.45. The van der Waals surface area contributed by atoms with Crippen LogP contribution in [0.5, 0.6) is 11.5 Å². The summed E-state index contributed by atoms with van der Waals surface area (Å²) >= 11 is 1.63. The number of methoxy groups -OCH3 is 2. The van der Waals surface area contributed by atoms with Gasteiger partial charge in [-0.15, -0.1) is 11.3 Å². The van der Waals surface area contributed by atoms with Crippen molar-refractivity contribution in [1.82, 2.24) is 10.3 Å². The summed E-state index contributed by atoms with van der Waals surface area (Å²) in [6.07, 6.45) is 3.00. The van der Waals surface area contributed by atoms with E-state index in [0.29, 0.717) is 30.0 Å². The van der Waals surface area contributed by atoms with Gasteiger partial charge in [-0.25, -0.2) is 5.43 Å². The second-order valence-electron chi connectivity index (χ2n) is 7.15. The van der Waals surface area contributed by atoms with Crippen LogP contribution in [-0.2, 0) is 4.79 Å². The van der Waals surface area contributed by atoms with Gasteiger partial charge in [-0.05, 0) is 37.1 Å². The molecule has 160 valence electrons. The molecule has 0 unspecified atom stereocenters. The molecule has 4 rings (SSSR count). The van der Waals surface area contributed by atoms with Gasteiger partial charge in [-0.1, -0.05) is 18.2 Å². The van der Waals surface area contributed by atoms with Crippen LogP contribution in [-0.4, -0.2) is 49.7 Å². The first-order valence-corrected chi connectivity index (χ1v) is 10.8. The zero-order valence-corrected chi connectivity index (χ0v) is 18.1. The maximum atomic E-state index is 13.0. The van der Waals surface area contributed by atoms with Gasteiger partial charge in [0.25, 0.3) is 11.8 Å². The monoisotopic (exact) mass is 437 g/mol. The molecule has 8 heteroatoms. The number of fused-ring (bicyclic) bond motifs is 1. The molecule has 31 heavy (non-hydrogen) atoms. The lowest BCUT2D eigenvalue weighted by Gasteiger charge is -2.23. The lowest BCUT2D eigenvalue weighted by Crippen LogP contribution is -2.44. The fourth-order valence-corrected chi connectivity index (χ4v) is 4.67. The number of ether oxygens (including phenoxy) is 2. The molecule has 1 aromatic heterocycles. The van der Waals surface area contributed by atoms with Crippen molar-refractivity contribution in [3.05, 3.63) is 59.0 Å². The van der Waals surface area contributed by atoms with Crippen molar-refractivity contribution in [2.24, 2.45) is 5.10 Å². The summed E-state index contributed by atoms with van der Waals surface area (Å²) in [4.78, 5) is 27.4. The summed E-state index contributed by atoms with van der Waals surface area (Å²) in [6.45, 7) is 0.518. The summed E-state index contributed by atoms with van der Waals surface area (Å²) < 4.78 is 11.7. The van der Waals surface area contributed by atoms with Crippen molar-refractivity contribution in [2.45, 2.75) is 18.9 Å². The maximum absolute atomic E-state index is 13.0. The Morgan fingerprint density at radius 2 is 1.97 bits per heavy atom. The number of carbonyl (C=O) groups excluding carboxylic acids is 2. The number of likely N-dealkylation sites (tertiary alicyclic amines) is 1. The molecule has 0 saturated carbocycles. The third-order valence-electron chi connectivity index (χ3n) is 5.34. The third kappa shape index (κ3) is 4.25. The summed E-state index contributed by atoms with van der Waals surface area (Å²) in [5.74, 6) is 0.514. The van der Waals surface area contributed by atoms with Crippen LogP contribution in [0.3, 0.4) is 0 Å². The van der Waals surface area contributed by atoms with Gasteiger partial charge < -0.3 is 14.4 Å². The number of amides is 2. The Morgan fingerprint density at radius 1 is 1.16 bits per heavy atom. The number of nitrogens with zero attached hydrogens (tertiary/aromatic N) is 2. The highest BCUT2D eigenvalue weighted by Crippen LogP contribution is 2.29. The van der Waals surface area contributed by atoms with Crippen LogP contribution < -0.4 is 14.9 Å². The van der Waals surface area contributed by atoms with E-state index in [1.54, 1.807) is 47.8 Å². The van der Waals surface area contributed by atoms with Gasteiger partial charge >= 0.3 is 0 Å². The van der Waals surface area contributed by atoms with E-state index in [1.165, 1.54) is 7.11 Å². The quantitative estimate of drug-likeness (QED) is 0.471. The van der Waals surface area contributed by atoms with Crippen LogP contribution in [0.15, 0.2) is 52.9 Å². The second kappa shape index (κ2) is 9.18. The minimum atomic E-state index is -0.558. The number of thiophene rings is 1. The zero-order chi connectivity index (χ0) is 21.8. The van der Waals surface area contributed by atoms with Gasteiger partial charge in [-0.3, -0.25) is 9.59 Å². The standard InChI is InChI=1S/C23H23N3O4S/c1-29-19-10-9-15(12-20(19)30-2)23(28)26-11-5-7-18(26)22(27)25-24-13-16-14-31-21-8-4-3-6-17(16)21/h3-4,6,8-10,12-14,18H,5,7,11H2,1-2H3,(H,25,27)/b24-13+/t18-/m0/s1. The smallest absolute Gasteiger partial charge is 0.262 e. The van der Waals surface area contributed by atoms with E-state index < -0.39 is 6.04 Å². The molecule has 1 aliphatic heterocycles. The largest absolute Gasteiger partial charge is 0.493 e. The van der Waals surface area contributed by atoms with Crippen LogP contribution in [0.4, 0.5) is 0 Å². The Labute approximate surface area is 184 Å². The van der Waals surface area contributed by atoms with Gasteiger partial charge in [0, 0.05) is 33.1 Å². The first kappa shape index (κ1) is 20.9. The Hall–Kier alpha value is -3.39. The van der Waals surface area contributed by atoms with Gasteiger partial charge in [0.15, 0.2) is 11.5 Å².